The average Bonchev–Trinajstić information content (AvgIpc) is 2.26. The lowest BCUT2D eigenvalue weighted by Gasteiger charge is -2.49. The molecule has 3 rings (SSSR count). The van der Waals surface area contributed by atoms with Gasteiger partial charge in [-0.25, -0.2) is 0 Å². The topological polar surface area (TPSA) is 15.3 Å². The molecule has 1 N–H and O–H groups in total. The molecular weight excluding hydrogens is 208 g/mol. The van der Waals surface area contributed by atoms with Gasteiger partial charge in [0.15, 0.2) is 0 Å². The lowest BCUT2D eigenvalue weighted by molar-refractivity contribution is 0.126. The third-order valence-corrected chi connectivity index (χ3v) is 4.40. The number of benzene rings is 1. The van der Waals surface area contributed by atoms with E-state index < -0.39 is 0 Å². The van der Waals surface area contributed by atoms with Gasteiger partial charge in [-0.1, -0.05) is 6.07 Å². The summed E-state index contributed by atoms with van der Waals surface area (Å²) in [5, 5.41) is 3.43. The van der Waals surface area contributed by atoms with Crippen LogP contribution in [0.15, 0.2) is 18.2 Å². The van der Waals surface area contributed by atoms with Crippen molar-refractivity contribution in [1.29, 1.82) is 0 Å². The van der Waals surface area contributed by atoms with E-state index in [0.717, 1.165) is 0 Å². The largest absolute Gasteiger partial charge is 0.371 e. The highest BCUT2D eigenvalue weighted by Crippen LogP contribution is 2.36. The fraction of sp³-hybridized carbons (Fsp3) is 0.600. The van der Waals surface area contributed by atoms with E-state index in [9.17, 15) is 0 Å². The van der Waals surface area contributed by atoms with Gasteiger partial charge in [0.25, 0.3) is 0 Å². The van der Waals surface area contributed by atoms with Gasteiger partial charge in [0.05, 0.1) is 0 Å². The molecule has 1 spiro atoms. The van der Waals surface area contributed by atoms with Crippen LogP contribution in [0.25, 0.3) is 0 Å². The van der Waals surface area contributed by atoms with Crippen molar-refractivity contribution in [1.82, 2.24) is 5.32 Å². The van der Waals surface area contributed by atoms with Crippen molar-refractivity contribution < 1.29 is 0 Å². The molecule has 0 radical (unpaired) electrons. The summed E-state index contributed by atoms with van der Waals surface area (Å²) >= 11 is 0. The number of nitrogens with one attached hydrogen (secondary N) is 1. The molecule has 2 saturated heterocycles. The fourth-order valence-electron chi connectivity index (χ4n) is 3.20. The SMILES string of the molecule is Cc1cc(C)cc(N2CCC3(CC2)CNC3)c1. The molecule has 2 fully saturated rings. The third-order valence-electron chi connectivity index (χ3n) is 4.40. The van der Waals surface area contributed by atoms with E-state index in [-0.39, 0.29) is 0 Å². The molecule has 2 aliphatic heterocycles. The van der Waals surface area contributed by atoms with Crippen LogP contribution < -0.4 is 10.2 Å². The highest BCUT2D eigenvalue weighted by Gasteiger charge is 2.39. The molecule has 2 nitrogen and oxygen atoms in total. The summed E-state index contributed by atoms with van der Waals surface area (Å²) in [7, 11) is 0. The molecule has 92 valence electrons. The number of aryl methyl sites for hydroxylation is 2. The van der Waals surface area contributed by atoms with E-state index >= 15 is 0 Å². The predicted octanol–water partition coefficient (Wildman–Crippen LogP) is 2.49. The van der Waals surface area contributed by atoms with Crippen molar-refractivity contribution in [2.75, 3.05) is 31.1 Å². The predicted molar refractivity (Wildman–Crippen MR) is 72.7 cm³/mol. The number of hydrogen-bond donors (Lipinski definition) is 1. The maximum atomic E-state index is 3.43. The van der Waals surface area contributed by atoms with E-state index in [1.165, 1.54) is 55.8 Å². The lowest BCUT2D eigenvalue weighted by Crippen LogP contribution is -2.58. The highest BCUT2D eigenvalue weighted by atomic mass is 15.2. The molecule has 0 bridgehead atoms. The second-order valence-electron chi connectivity index (χ2n) is 5.94. The fourth-order valence-corrected chi connectivity index (χ4v) is 3.20. The van der Waals surface area contributed by atoms with Crippen molar-refractivity contribution in [2.45, 2.75) is 26.7 Å². The Morgan fingerprint density at radius 1 is 1.00 bits per heavy atom. The number of hydrogen-bond acceptors (Lipinski definition) is 2. The Balaban J connectivity index is 1.73. The quantitative estimate of drug-likeness (QED) is 0.797. The number of piperidine rings is 1. The van der Waals surface area contributed by atoms with Crippen molar-refractivity contribution >= 4 is 5.69 Å². The number of nitrogens with zero attached hydrogens (tertiary/aromatic N) is 1. The summed E-state index contributed by atoms with van der Waals surface area (Å²) in [6, 6.07) is 6.90. The molecule has 1 aromatic carbocycles. The molecule has 0 unspecified atom stereocenters. The van der Waals surface area contributed by atoms with Crippen LogP contribution in [-0.4, -0.2) is 26.2 Å². The summed E-state index contributed by atoms with van der Waals surface area (Å²) < 4.78 is 0. The Labute approximate surface area is 104 Å². The van der Waals surface area contributed by atoms with Crippen LogP contribution in [0.2, 0.25) is 0 Å². The maximum absolute atomic E-state index is 3.43. The van der Waals surface area contributed by atoms with Crippen LogP contribution in [0, 0.1) is 19.3 Å². The Bertz CT molecular complexity index is 391. The van der Waals surface area contributed by atoms with E-state index in [0.29, 0.717) is 5.41 Å². The molecule has 0 aromatic heterocycles. The molecule has 17 heavy (non-hydrogen) atoms. The smallest absolute Gasteiger partial charge is 0.0371 e. The molecule has 1 aromatic rings. The summed E-state index contributed by atoms with van der Waals surface area (Å²) in [6.07, 6.45) is 2.71. The van der Waals surface area contributed by atoms with Gasteiger partial charge in [0.1, 0.15) is 0 Å². The van der Waals surface area contributed by atoms with Crippen LogP contribution >= 0.6 is 0 Å². The van der Waals surface area contributed by atoms with Crippen LogP contribution in [0.4, 0.5) is 5.69 Å². The highest BCUT2D eigenvalue weighted by molar-refractivity contribution is 5.51. The van der Waals surface area contributed by atoms with Crippen LogP contribution in [0.3, 0.4) is 0 Å². The van der Waals surface area contributed by atoms with Crippen molar-refractivity contribution in [3.63, 3.8) is 0 Å². The van der Waals surface area contributed by atoms with Gasteiger partial charge in [0.2, 0.25) is 0 Å². The summed E-state index contributed by atoms with van der Waals surface area (Å²) in [5.74, 6) is 0. The molecule has 2 aliphatic rings. The maximum Gasteiger partial charge on any atom is 0.0371 e. The van der Waals surface area contributed by atoms with Gasteiger partial charge >= 0.3 is 0 Å². The van der Waals surface area contributed by atoms with Gasteiger partial charge in [-0.05, 0) is 55.4 Å². The zero-order chi connectivity index (χ0) is 11.9. The Morgan fingerprint density at radius 3 is 2.06 bits per heavy atom. The van der Waals surface area contributed by atoms with E-state index in [1.807, 2.05) is 0 Å². The van der Waals surface area contributed by atoms with Gasteiger partial charge in [0, 0.05) is 31.9 Å². The minimum atomic E-state index is 0.648. The first-order valence-electron chi connectivity index (χ1n) is 6.71. The molecular formula is C15H22N2. The Kier molecular flexibility index (Phi) is 2.62. The molecule has 0 saturated carbocycles. The first kappa shape index (κ1) is 11.1. The summed E-state index contributed by atoms with van der Waals surface area (Å²) in [4.78, 5) is 2.56. The normalized spacial score (nSPS) is 22.6. The van der Waals surface area contributed by atoms with Gasteiger partial charge in [-0.3, -0.25) is 0 Å². The lowest BCUT2D eigenvalue weighted by atomic mass is 9.73. The third kappa shape index (κ3) is 2.06. The van der Waals surface area contributed by atoms with Crippen molar-refractivity contribution in [3.8, 4) is 0 Å². The monoisotopic (exact) mass is 230 g/mol. The van der Waals surface area contributed by atoms with E-state index in [1.54, 1.807) is 0 Å². The van der Waals surface area contributed by atoms with E-state index in [2.05, 4.69) is 42.3 Å². The number of rotatable bonds is 1. The molecule has 2 heterocycles. The van der Waals surface area contributed by atoms with Crippen LogP contribution in [0.1, 0.15) is 24.0 Å². The van der Waals surface area contributed by atoms with Gasteiger partial charge in [-0.2, -0.15) is 0 Å². The molecule has 2 heteroatoms. The van der Waals surface area contributed by atoms with E-state index in [4.69, 9.17) is 0 Å². The first-order chi connectivity index (χ1) is 8.17. The zero-order valence-electron chi connectivity index (χ0n) is 10.9. The van der Waals surface area contributed by atoms with Crippen molar-refractivity contribution in [2.24, 2.45) is 5.41 Å². The molecule has 0 atom stereocenters. The average molecular weight is 230 g/mol. The standard InChI is InChI=1S/C15H22N2/c1-12-7-13(2)9-14(8-12)17-5-3-15(4-6-17)10-16-11-15/h7-9,16H,3-6,10-11H2,1-2H3. The van der Waals surface area contributed by atoms with Crippen molar-refractivity contribution in [3.05, 3.63) is 29.3 Å². The minimum absolute atomic E-state index is 0.648. The van der Waals surface area contributed by atoms with Gasteiger partial charge < -0.3 is 10.2 Å². The number of anilines is 1. The summed E-state index contributed by atoms with van der Waals surface area (Å²) in [5.41, 5.74) is 4.83. The van der Waals surface area contributed by atoms with Crippen LogP contribution in [-0.2, 0) is 0 Å². The molecule has 0 aliphatic carbocycles. The molecule has 0 amide bonds. The zero-order valence-corrected chi connectivity index (χ0v) is 10.9. The second-order valence-corrected chi connectivity index (χ2v) is 5.94. The van der Waals surface area contributed by atoms with Crippen LogP contribution in [0.5, 0.6) is 0 Å². The Hall–Kier alpha value is -1.02. The first-order valence-corrected chi connectivity index (χ1v) is 6.71. The summed E-state index contributed by atoms with van der Waals surface area (Å²) in [6.45, 7) is 9.33. The minimum Gasteiger partial charge on any atom is -0.371 e. The van der Waals surface area contributed by atoms with Gasteiger partial charge in [-0.15, -0.1) is 0 Å². The Morgan fingerprint density at radius 2 is 1.59 bits per heavy atom. The second kappa shape index (κ2) is 4.02.